The van der Waals surface area contributed by atoms with Gasteiger partial charge in [-0.2, -0.15) is 0 Å². The second-order valence-electron chi connectivity index (χ2n) is 12.4. The lowest BCUT2D eigenvalue weighted by Crippen LogP contribution is -2.52. The summed E-state index contributed by atoms with van der Waals surface area (Å²) in [4.78, 5) is 59.5. The smallest absolute Gasteiger partial charge is 0.261 e. The molecule has 3 aliphatic rings. The lowest BCUT2D eigenvalue weighted by molar-refractivity contribution is -0.131. The number of benzene rings is 1. The number of aryl methyl sites for hydroxylation is 1. The maximum absolute atomic E-state index is 13.3. The van der Waals surface area contributed by atoms with E-state index >= 15 is 0 Å². The first-order valence-electron chi connectivity index (χ1n) is 16.0. The zero-order valence-electron chi connectivity index (χ0n) is 26.3. The summed E-state index contributed by atoms with van der Waals surface area (Å²) in [5.74, 6) is -0.243. The van der Waals surface area contributed by atoms with Crippen LogP contribution in [0.3, 0.4) is 0 Å². The second-order valence-corrected chi connectivity index (χ2v) is 12.4. The molecule has 238 valence electrons. The average molecular weight is 598 g/mol. The molecule has 43 heavy (non-hydrogen) atoms. The van der Waals surface area contributed by atoms with Gasteiger partial charge in [0.05, 0.1) is 0 Å². The van der Waals surface area contributed by atoms with Gasteiger partial charge < -0.3 is 25.2 Å². The fraction of sp³-hybridized carbons (Fsp3) is 0.688. The van der Waals surface area contributed by atoms with Crippen molar-refractivity contribution in [1.82, 2.24) is 30.2 Å². The number of likely N-dealkylation sites (tertiary alicyclic amines) is 1. The highest BCUT2D eigenvalue weighted by Crippen LogP contribution is 2.24. The van der Waals surface area contributed by atoms with Crippen LogP contribution < -0.4 is 15.5 Å². The van der Waals surface area contributed by atoms with Crippen molar-refractivity contribution in [2.75, 3.05) is 90.5 Å². The number of imide groups is 1. The number of carbonyl (C=O) groups is 4. The van der Waals surface area contributed by atoms with Gasteiger partial charge >= 0.3 is 0 Å². The van der Waals surface area contributed by atoms with E-state index in [1.807, 2.05) is 19.1 Å². The van der Waals surface area contributed by atoms with Crippen molar-refractivity contribution in [1.29, 1.82) is 0 Å². The van der Waals surface area contributed by atoms with Crippen molar-refractivity contribution in [2.24, 2.45) is 5.92 Å². The van der Waals surface area contributed by atoms with Gasteiger partial charge in [-0.1, -0.05) is 0 Å². The first-order valence-corrected chi connectivity index (χ1v) is 16.0. The normalized spacial score (nSPS) is 21.7. The van der Waals surface area contributed by atoms with Gasteiger partial charge in [-0.15, -0.1) is 0 Å². The van der Waals surface area contributed by atoms with Crippen molar-refractivity contribution in [3.8, 4) is 0 Å². The van der Waals surface area contributed by atoms with Gasteiger partial charge in [0.25, 0.3) is 5.91 Å². The van der Waals surface area contributed by atoms with E-state index in [9.17, 15) is 19.2 Å². The minimum absolute atomic E-state index is 0.0787. The number of piperidine rings is 1. The zero-order valence-corrected chi connectivity index (χ0v) is 26.3. The molecule has 1 aromatic rings. The summed E-state index contributed by atoms with van der Waals surface area (Å²) in [6.07, 6.45) is 3.79. The lowest BCUT2D eigenvalue weighted by atomic mass is 9.96. The summed E-state index contributed by atoms with van der Waals surface area (Å²) in [5.41, 5.74) is 2.19. The highest BCUT2D eigenvalue weighted by Gasteiger charge is 2.31. The number of carbonyl (C=O) groups excluding carboxylic acids is 4. The molecular weight excluding hydrogens is 546 g/mol. The molecule has 0 radical (unpaired) electrons. The minimum atomic E-state index is -1.03. The van der Waals surface area contributed by atoms with Gasteiger partial charge in [0.15, 0.2) is 0 Å². The molecule has 3 heterocycles. The molecule has 3 fully saturated rings. The number of rotatable bonds is 13. The molecule has 11 nitrogen and oxygen atoms in total. The average Bonchev–Trinajstić information content (AvgIpc) is 3.03. The molecular formula is C32H51N7O4. The number of anilines is 1. The topological polar surface area (TPSA) is 109 Å². The third kappa shape index (κ3) is 8.84. The van der Waals surface area contributed by atoms with Crippen LogP contribution in [-0.2, 0) is 14.4 Å². The summed E-state index contributed by atoms with van der Waals surface area (Å²) >= 11 is 0. The largest absolute Gasteiger partial charge is 0.369 e. The highest BCUT2D eigenvalue weighted by molar-refractivity contribution is 6.04. The Morgan fingerprint density at radius 1 is 1.05 bits per heavy atom. The van der Waals surface area contributed by atoms with E-state index < -0.39 is 17.9 Å². The molecule has 0 bridgehead atoms. The number of nitrogens with one attached hydrogen (secondary N) is 2. The second kappa shape index (κ2) is 16.3. The third-order valence-corrected chi connectivity index (χ3v) is 9.53. The van der Waals surface area contributed by atoms with Crippen molar-refractivity contribution in [3.05, 3.63) is 29.3 Å². The highest BCUT2D eigenvalue weighted by atomic mass is 16.2. The molecule has 1 aromatic carbocycles. The van der Waals surface area contributed by atoms with Gasteiger partial charge in [0, 0.05) is 96.2 Å². The van der Waals surface area contributed by atoms with Gasteiger partial charge in [-0.05, 0) is 75.9 Å². The van der Waals surface area contributed by atoms with E-state index in [1.54, 1.807) is 6.07 Å². The van der Waals surface area contributed by atoms with Crippen LogP contribution in [0.1, 0.15) is 48.5 Å². The Morgan fingerprint density at radius 3 is 2.42 bits per heavy atom. The predicted octanol–water partition coefficient (Wildman–Crippen LogP) is 0.815. The molecule has 3 amide bonds. The van der Waals surface area contributed by atoms with Crippen molar-refractivity contribution in [2.45, 2.75) is 51.6 Å². The molecule has 2 atom stereocenters. The maximum Gasteiger partial charge on any atom is 0.261 e. The fourth-order valence-electron chi connectivity index (χ4n) is 6.71. The number of hydrogen-bond acceptors (Lipinski definition) is 9. The Labute approximate surface area is 256 Å². The Hall–Kier alpha value is -2.86. The zero-order chi connectivity index (χ0) is 30.8. The molecule has 3 saturated heterocycles. The van der Waals surface area contributed by atoms with E-state index in [0.29, 0.717) is 24.3 Å². The van der Waals surface area contributed by atoms with E-state index in [1.165, 1.54) is 52.6 Å². The van der Waals surface area contributed by atoms with E-state index in [4.69, 9.17) is 0 Å². The summed E-state index contributed by atoms with van der Waals surface area (Å²) in [6.45, 7) is 17.4. The number of aldehydes is 1. The van der Waals surface area contributed by atoms with Gasteiger partial charge in [0.2, 0.25) is 12.3 Å². The predicted molar refractivity (Wildman–Crippen MR) is 168 cm³/mol. The summed E-state index contributed by atoms with van der Waals surface area (Å²) in [7, 11) is 1.45. The molecule has 11 heteroatoms. The fourth-order valence-corrected chi connectivity index (χ4v) is 6.71. The van der Waals surface area contributed by atoms with Crippen LogP contribution in [-0.4, -0.2) is 142 Å². The Kier molecular flexibility index (Phi) is 12.5. The van der Waals surface area contributed by atoms with E-state index in [-0.39, 0.29) is 12.8 Å². The summed E-state index contributed by atoms with van der Waals surface area (Å²) in [5, 5.41) is 5.97. The molecule has 0 saturated carbocycles. The quantitative estimate of drug-likeness (QED) is 0.320. The Balaban J connectivity index is 1.23. The van der Waals surface area contributed by atoms with Crippen LogP contribution in [0, 0.1) is 12.8 Å². The number of hydrogen-bond donors (Lipinski definition) is 2. The summed E-state index contributed by atoms with van der Waals surface area (Å²) < 4.78 is 0. The molecule has 4 rings (SSSR count). The monoisotopic (exact) mass is 597 g/mol. The Morgan fingerprint density at radius 2 is 1.79 bits per heavy atom. The molecule has 0 aromatic heterocycles. The first-order chi connectivity index (χ1) is 20.8. The lowest BCUT2D eigenvalue weighted by Gasteiger charge is -2.40. The van der Waals surface area contributed by atoms with Crippen LogP contribution in [0.4, 0.5) is 5.69 Å². The van der Waals surface area contributed by atoms with Crippen LogP contribution in [0.25, 0.3) is 0 Å². The number of nitrogens with zero attached hydrogens (tertiary/aromatic N) is 5. The van der Waals surface area contributed by atoms with E-state index in [2.05, 4.69) is 37.2 Å². The first kappa shape index (κ1) is 33.0. The van der Waals surface area contributed by atoms with Crippen LogP contribution >= 0.6 is 0 Å². The third-order valence-electron chi connectivity index (χ3n) is 9.53. The van der Waals surface area contributed by atoms with Gasteiger partial charge in [-0.3, -0.25) is 29.1 Å². The van der Waals surface area contributed by atoms with Gasteiger partial charge in [0.1, 0.15) is 12.3 Å². The SMILES string of the molecule is CNC(=O)C(CCC=O)N(C=O)C(=O)c1ccc(N2CCN(CC3CCN(CCN4CCNCC4C)CC3)CC2)cc1C. The molecule has 0 aliphatic carbocycles. The van der Waals surface area contributed by atoms with Crippen LogP contribution in [0.5, 0.6) is 0 Å². The molecule has 3 aliphatic heterocycles. The summed E-state index contributed by atoms with van der Waals surface area (Å²) in [6, 6.07) is 5.27. The number of likely N-dealkylation sites (N-methyl/N-ethyl adjacent to an activating group) is 1. The molecule has 0 spiro atoms. The molecule has 2 N–H and O–H groups in total. The number of piperazine rings is 2. The van der Waals surface area contributed by atoms with Gasteiger partial charge in [-0.25, -0.2) is 0 Å². The number of amides is 3. The van der Waals surface area contributed by atoms with Crippen molar-refractivity contribution in [3.63, 3.8) is 0 Å². The van der Waals surface area contributed by atoms with Crippen LogP contribution in [0.15, 0.2) is 18.2 Å². The standard InChI is InChI=1S/C32H51N7O4/c1-25-21-28(6-7-29(25)32(43)39(24-41)30(5-4-20-40)31(42)33-3)38-18-15-36(16-19-38)23-27-8-11-35(12-9-27)14-17-37-13-10-34-22-26(37)2/h6-7,20-21,24,26-27,30,34H,4-5,8-19,22-23H2,1-3H3,(H,33,42). The minimum Gasteiger partial charge on any atom is -0.369 e. The van der Waals surface area contributed by atoms with Crippen molar-refractivity contribution >= 4 is 30.2 Å². The Bertz CT molecular complexity index is 1090. The maximum atomic E-state index is 13.3. The molecule has 2 unspecified atom stereocenters. The van der Waals surface area contributed by atoms with Crippen LogP contribution in [0.2, 0.25) is 0 Å². The van der Waals surface area contributed by atoms with E-state index in [0.717, 1.165) is 67.9 Å². The van der Waals surface area contributed by atoms with Crippen molar-refractivity contribution < 1.29 is 19.2 Å².